The molecule has 6 N–H and O–H groups in total. The zero-order valence-corrected chi connectivity index (χ0v) is 30.9. The van der Waals surface area contributed by atoms with Crippen molar-refractivity contribution in [1.82, 2.24) is 14.9 Å². The number of quaternary nitrogens is 1. The summed E-state index contributed by atoms with van der Waals surface area (Å²) in [5, 5.41) is 55.5. The number of imide groups is 1. The number of phenolic OH excluding ortho intramolecular Hbond substituents is 2. The van der Waals surface area contributed by atoms with Crippen molar-refractivity contribution >= 4 is 75.4 Å². The van der Waals surface area contributed by atoms with E-state index in [1.807, 2.05) is 0 Å². The number of hydroxylamine groups is 2. The highest BCUT2D eigenvalue weighted by atomic mass is 32.2. The quantitative estimate of drug-likeness (QED) is 0.0378. The molecule has 22 heteroatoms. The monoisotopic (exact) mass is 814 g/mol. The lowest BCUT2D eigenvalue weighted by molar-refractivity contribution is -0.941. The predicted octanol–water partition coefficient (Wildman–Crippen LogP) is -0.492. The summed E-state index contributed by atoms with van der Waals surface area (Å²) < 4.78 is 0.546. The van der Waals surface area contributed by atoms with Gasteiger partial charge in [0.15, 0.2) is 28.1 Å². The molecule has 0 unspecified atom stereocenters. The first-order chi connectivity index (χ1) is 26.5. The molecule has 2 bridgehead atoms. The Bertz CT molecular complexity index is 2090. The molecule has 7 heterocycles. The van der Waals surface area contributed by atoms with E-state index in [4.69, 9.17) is 20.5 Å². The van der Waals surface area contributed by atoms with Crippen molar-refractivity contribution in [2.24, 2.45) is 16.5 Å². The number of oxime groups is 1. The maximum atomic E-state index is 13.5. The van der Waals surface area contributed by atoms with Crippen molar-refractivity contribution in [3.63, 3.8) is 0 Å². The van der Waals surface area contributed by atoms with Crippen LogP contribution in [-0.4, -0.2) is 137 Å². The van der Waals surface area contributed by atoms with Crippen molar-refractivity contribution < 1.29 is 73.3 Å². The Balaban J connectivity index is 1.00. The zero-order valence-electron chi connectivity index (χ0n) is 29.2. The Labute approximate surface area is 324 Å². The summed E-state index contributed by atoms with van der Waals surface area (Å²) in [5.74, 6) is -9.38. The number of nitrogen functional groups attached to an aromatic ring is 1. The van der Waals surface area contributed by atoms with Gasteiger partial charge in [0, 0.05) is 47.8 Å². The number of carbonyl (C=O) groups is 7. The van der Waals surface area contributed by atoms with Crippen LogP contribution in [0.1, 0.15) is 58.5 Å². The third-order valence-electron chi connectivity index (χ3n) is 11.0. The maximum Gasteiger partial charge on any atom is 0.348 e. The Morgan fingerprint density at radius 1 is 1.05 bits per heavy atom. The molecule has 4 fully saturated rings. The number of piperidine rings is 3. The predicted molar refractivity (Wildman–Crippen MR) is 188 cm³/mol. The fourth-order valence-corrected chi connectivity index (χ4v) is 9.81. The summed E-state index contributed by atoms with van der Waals surface area (Å²) >= 11 is 2.24. The van der Waals surface area contributed by atoms with E-state index in [1.54, 1.807) is 0 Å². The van der Waals surface area contributed by atoms with Crippen LogP contribution < -0.4 is 10.8 Å². The van der Waals surface area contributed by atoms with Crippen LogP contribution in [0.5, 0.6) is 11.5 Å². The number of fused-ring (bicyclic) bond motifs is 5. The molecule has 56 heavy (non-hydrogen) atoms. The highest BCUT2D eigenvalue weighted by Crippen LogP contribution is 2.49. The molecule has 3 atom stereocenters. The number of amides is 3. The number of Topliss-reactive ketones (excluding diaryl/α,β-unsaturated/α-hetero) is 1. The number of hydrogen-bond acceptors (Lipinski definition) is 17. The smallest absolute Gasteiger partial charge is 0.348 e. The average molecular weight is 815 g/mol. The third kappa shape index (κ3) is 6.92. The molecule has 1 aromatic carbocycles. The lowest BCUT2D eigenvalue weighted by Crippen LogP contribution is -2.66. The Morgan fingerprint density at radius 3 is 2.21 bits per heavy atom. The number of hydrogen-bond donors (Lipinski definition) is 5. The summed E-state index contributed by atoms with van der Waals surface area (Å²) in [6.07, 6.45) is -1.40. The normalized spacial score (nSPS) is 26.1. The second kappa shape index (κ2) is 14.5. The van der Waals surface area contributed by atoms with Gasteiger partial charge < -0.3 is 45.4 Å². The molecule has 0 aliphatic carbocycles. The minimum absolute atomic E-state index is 0.0464. The van der Waals surface area contributed by atoms with Gasteiger partial charge in [0.2, 0.25) is 12.0 Å². The van der Waals surface area contributed by atoms with Crippen LogP contribution in [0.25, 0.3) is 0 Å². The fraction of sp³-hybridized carbons (Fsp3) is 0.441. The molecule has 8 rings (SSSR count). The highest BCUT2D eigenvalue weighted by Gasteiger charge is 2.55. The van der Waals surface area contributed by atoms with Gasteiger partial charge >= 0.3 is 11.9 Å². The van der Waals surface area contributed by atoms with E-state index >= 15 is 0 Å². The molecular formula is C34H34N6O14S2. The Morgan fingerprint density at radius 2 is 1.68 bits per heavy atom. The van der Waals surface area contributed by atoms with Crippen LogP contribution in [0.15, 0.2) is 33.9 Å². The van der Waals surface area contributed by atoms with E-state index in [9.17, 15) is 54.0 Å². The molecule has 0 radical (unpaired) electrons. The molecular weight excluding hydrogens is 781 g/mol. The number of benzene rings is 1. The van der Waals surface area contributed by atoms with E-state index in [1.165, 1.54) is 17.1 Å². The van der Waals surface area contributed by atoms with E-state index in [0.717, 1.165) is 28.4 Å². The SMILES string of the molecule is Nc1nc(/C(=N/O[C@@H](CC(=O)O)C(=O)O)C(=O)C[C@@H]2C(=O)N3C(C(=O)[O-])=C(C[N+]45CCC(CON6C(=O)c7cc(O)c(O)cc7C6=O)(CC4)CC5)CS[C@H]23)cs1. The molecule has 1 aromatic heterocycles. The van der Waals surface area contributed by atoms with Crippen molar-refractivity contribution in [1.29, 1.82) is 0 Å². The first kappa shape index (κ1) is 38.7. The Kier molecular flexibility index (Phi) is 10.0. The van der Waals surface area contributed by atoms with E-state index in [2.05, 4.69) is 10.1 Å². The summed E-state index contributed by atoms with van der Waals surface area (Å²) in [7, 11) is 0. The molecule has 20 nitrogen and oxygen atoms in total. The number of phenols is 2. The van der Waals surface area contributed by atoms with Gasteiger partial charge in [-0.05, 0) is 12.1 Å². The lowest BCUT2D eigenvalue weighted by atomic mass is 9.71. The molecule has 0 spiro atoms. The maximum absolute atomic E-state index is 13.5. The molecule has 6 aliphatic heterocycles. The van der Waals surface area contributed by atoms with Gasteiger partial charge in [-0.15, -0.1) is 28.2 Å². The van der Waals surface area contributed by atoms with Gasteiger partial charge in [0.1, 0.15) is 12.2 Å². The van der Waals surface area contributed by atoms with Gasteiger partial charge in [-0.3, -0.25) is 33.7 Å². The number of nitrogens with zero attached hydrogens (tertiary/aromatic N) is 5. The molecule has 2 aromatic rings. The number of aliphatic carboxylic acids is 3. The zero-order chi connectivity index (χ0) is 40.3. The first-order valence-corrected chi connectivity index (χ1v) is 19.2. The minimum Gasteiger partial charge on any atom is -0.543 e. The summed E-state index contributed by atoms with van der Waals surface area (Å²) in [6.45, 7) is 2.31. The summed E-state index contributed by atoms with van der Waals surface area (Å²) in [5.41, 5.74) is 4.91. The number of aromatic hydroxyl groups is 2. The second-order valence-corrected chi connectivity index (χ2v) is 16.4. The topological polar surface area (TPSA) is 300 Å². The first-order valence-electron chi connectivity index (χ1n) is 17.3. The van der Waals surface area contributed by atoms with Crippen LogP contribution in [0, 0.1) is 11.3 Å². The molecule has 3 amide bonds. The van der Waals surface area contributed by atoms with Crippen molar-refractivity contribution in [2.75, 3.05) is 44.3 Å². The molecule has 296 valence electrons. The lowest BCUT2D eigenvalue weighted by Gasteiger charge is -2.56. The van der Waals surface area contributed by atoms with Gasteiger partial charge in [0.25, 0.3) is 11.8 Å². The number of ketones is 1. The number of aromatic nitrogens is 1. The number of thiazole rings is 1. The van der Waals surface area contributed by atoms with Gasteiger partial charge in [0.05, 0.1) is 66.7 Å². The van der Waals surface area contributed by atoms with Crippen LogP contribution in [0.4, 0.5) is 5.13 Å². The van der Waals surface area contributed by atoms with Crippen molar-refractivity contribution in [2.45, 2.75) is 43.6 Å². The largest absolute Gasteiger partial charge is 0.543 e. The number of β-lactam (4-membered cyclic amide) rings is 1. The van der Waals surface area contributed by atoms with E-state index in [0.29, 0.717) is 60.6 Å². The van der Waals surface area contributed by atoms with Crippen LogP contribution in [-0.2, 0) is 33.6 Å². The average Bonchev–Trinajstić information content (AvgIpc) is 3.68. The van der Waals surface area contributed by atoms with Gasteiger partial charge in [-0.25, -0.2) is 9.78 Å². The minimum atomic E-state index is -1.93. The fourth-order valence-electron chi connectivity index (χ4n) is 7.86. The van der Waals surface area contributed by atoms with E-state index in [-0.39, 0.29) is 45.4 Å². The molecule has 6 aliphatic rings. The molecule has 0 saturated carbocycles. The standard InChI is InChI=1S/C34H34N6O14S2/c35-33-36-19(13-56-33)25(37-54-23(31(49)50)10-24(44)45)22(43)9-18-27(46)38-26(32(51)52)15(12-55-30(18)38)11-40-4-1-34(2-5-40,3-6-40)14-53-39-28(47)16-7-20(41)21(42)8-17(16)29(39)48/h7-8,13,18,23,30H,1-6,9-12,14H2,(H6-,35,36,37,41,42,43,44,45,47,48,49,50,51,52)/t18-,23+,30-,34?,40?/m1/s1. The van der Waals surface area contributed by atoms with Crippen LogP contribution >= 0.6 is 23.1 Å². The van der Waals surface area contributed by atoms with Crippen LogP contribution in [0.3, 0.4) is 0 Å². The number of carbonyl (C=O) groups excluding carboxylic acids is 5. The highest BCUT2D eigenvalue weighted by molar-refractivity contribution is 8.00. The Hall–Kier alpha value is -5.58. The number of nitrogens with two attached hydrogens (primary N) is 1. The summed E-state index contributed by atoms with van der Waals surface area (Å²) in [6, 6.07) is 2.04. The third-order valence-corrected chi connectivity index (χ3v) is 13.1. The number of anilines is 1. The number of carboxylic acid groups (broad SMARTS) is 3. The van der Waals surface area contributed by atoms with Gasteiger partial charge in [-0.2, -0.15) is 0 Å². The number of rotatable bonds is 15. The van der Waals surface area contributed by atoms with E-state index < -0.39 is 88.9 Å². The van der Waals surface area contributed by atoms with Gasteiger partial charge in [-0.1, -0.05) is 5.16 Å². The van der Waals surface area contributed by atoms with Crippen LogP contribution in [0.2, 0.25) is 0 Å². The number of carboxylic acids is 3. The van der Waals surface area contributed by atoms with Crippen molar-refractivity contribution in [3.8, 4) is 11.5 Å². The second-order valence-electron chi connectivity index (χ2n) is 14.4. The molecule has 4 saturated heterocycles. The number of thioether (sulfide) groups is 1. The van der Waals surface area contributed by atoms with Crippen molar-refractivity contribution in [3.05, 3.63) is 45.6 Å². The summed E-state index contributed by atoms with van der Waals surface area (Å²) in [4.78, 5) is 104.